The van der Waals surface area contributed by atoms with Gasteiger partial charge in [-0.1, -0.05) is 12.1 Å². The van der Waals surface area contributed by atoms with Crippen LogP contribution in [0.1, 0.15) is 33.8 Å². The van der Waals surface area contributed by atoms with Gasteiger partial charge in [0.2, 0.25) is 0 Å². The number of hydrogen-bond donors (Lipinski definition) is 3. The Labute approximate surface area is 216 Å². The fraction of sp³-hybridized carbons (Fsp3) is 0.133. The van der Waals surface area contributed by atoms with E-state index >= 15 is 0 Å². The molecule has 37 heavy (non-hydrogen) atoms. The molecule has 0 saturated carbocycles. The third-order valence-electron chi connectivity index (χ3n) is 6.21. The zero-order valence-electron chi connectivity index (χ0n) is 20.6. The first-order valence-electron chi connectivity index (χ1n) is 12.2. The van der Waals surface area contributed by atoms with Crippen molar-refractivity contribution in [2.45, 2.75) is 19.9 Å². The van der Waals surface area contributed by atoms with Gasteiger partial charge >= 0.3 is 0 Å². The number of aromatic nitrogens is 4. The van der Waals surface area contributed by atoms with Crippen molar-refractivity contribution in [2.75, 3.05) is 11.9 Å². The molecule has 0 radical (unpaired) electrons. The number of fused-ring (bicyclic) bond motifs is 1. The van der Waals surface area contributed by atoms with Crippen molar-refractivity contribution in [3.63, 3.8) is 0 Å². The Hall–Kier alpha value is -4.80. The molecule has 4 heterocycles. The van der Waals surface area contributed by atoms with Crippen LogP contribution in [0.25, 0.3) is 23.1 Å². The minimum Gasteiger partial charge on any atom is -0.361 e. The number of anilines is 2. The topological polar surface area (TPSA) is 102 Å². The van der Waals surface area contributed by atoms with Crippen LogP contribution in [0.2, 0.25) is 0 Å². The second-order valence-electron chi connectivity index (χ2n) is 8.70. The summed E-state index contributed by atoms with van der Waals surface area (Å²) in [6, 6.07) is 20.3. The molecule has 7 nitrogen and oxygen atoms in total. The number of pyridine rings is 3. The van der Waals surface area contributed by atoms with Gasteiger partial charge in [-0.05, 0) is 67.1 Å². The summed E-state index contributed by atoms with van der Waals surface area (Å²) in [7, 11) is 0. The van der Waals surface area contributed by atoms with Crippen LogP contribution in [0.3, 0.4) is 0 Å². The molecule has 0 amide bonds. The zero-order chi connectivity index (χ0) is 25.5. The van der Waals surface area contributed by atoms with E-state index in [1.54, 1.807) is 12.4 Å². The molecule has 0 aliphatic heterocycles. The summed E-state index contributed by atoms with van der Waals surface area (Å²) in [5.41, 5.74) is 8.02. The Kier molecular flexibility index (Phi) is 7.30. The minimum atomic E-state index is 0.481. The van der Waals surface area contributed by atoms with Gasteiger partial charge in [-0.25, -0.2) is 0 Å². The number of nitrogens with one attached hydrogen (secondary N) is 3. The molecular weight excluding hydrogens is 458 g/mol. The number of rotatable bonds is 9. The van der Waals surface area contributed by atoms with Crippen LogP contribution in [0.5, 0.6) is 0 Å². The molecule has 5 aromatic rings. The van der Waals surface area contributed by atoms with Crippen LogP contribution in [0.4, 0.5) is 11.4 Å². The summed E-state index contributed by atoms with van der Waals surface area (Å²) in [6.45, 7) is 3.57. The molecule has 0 aliphatic carbocycles. The Bertz CT molecular complexity index is 1580. The van der Waals surface area contributed by atoms with Crippen molar-refractivity contribution in [1.29, 1.82) is 5.26 Å². The van der Waals surface area contributed by atoms with Crippen molar-refractivity contribution in [2.24, 2.45) is 0 Å². The van der Waals surface area contributed by atoms with E-state index in [0.29, 0.717) is 12.1 Å². The number of aromatic amines is 1. The van der Waals surface area contributed by atoms with Gasteiger partial charge < -0.3 is 15.6 Å². The van der Waals surface area contributed by atoms with Gasteiger partial charge in [-0.15, -0.1) is 0 Å². The predicted molar refractivity (Wildman–Crippen MR) is 148 cm³/mol. The summed E-state index contributed by atoms with van der Waals surface area (Å²) in [5, 5.41) is 17.8. The largest absolute Gasteiger partial charge is 0.361 e. The monoisotopic (exact) mass is 485 g/mol. The number of H-pyrrole nitrogens is 1. The lowest BCUT2D eigenvalue weighted by Gasteiger charge is -2.14. The first kappa shape index (κ1) is 23.9. The molecular formula is C30H27N7. The Morgan fingerprint density at radius 1 is 1.00 bits per heavy atom. The van der Waals surface area contributed by atoms with Gasteiger partial charge in [-0.3, -0.25) is 15.0 Å². The van der Waals surface area contributed by atoms with E-state index in [1.165, 1.54) is 0 Å². The number of aryl methyl sites for hydroxylation is 1. The van der Waals surface area contributed by atoms with E-state index in [2.05, 4.69) is 44.6 Å². The summed E-state index contributed by atoms with van der Waals surface area (Å²) >= 11 is 0. The van der Waals surface area contributed by atoms with E-state index in [1.807, 2.05) is 73.1 Å². The van der Waals surface area contributed by atoms with Gasteiger partial charge in [0, 0.05) is 72.1 Å². The Morgan fingerprint density at radius 3 is 2.78 bits per heavy atom. The van der Waals surface area contributed by atoms with E-state index < -0.39 is 0 Å². The van der Waals surface area contributed by atoms with E-state index in [0.717, 1.165) is 63.5 Å². The molecule has 3 N–H and O–H groups in total. The first-order valence-corrected chi connectivity index (χ1v) is 12.2. The lowest BCUT2D eigenvalue weighted by Crippen LogP contribution is -2.17. The van der Waals surface area contributed by atoms with Crippen LogP contribution in [-0.2, 0) is 13.0 Å². The van der Waals surface area contributed by atoms with Gasteiger partial charge in [0.25, 0.3) is 0 Å². The summed E-state index contributed by atoms with van der Waals surface area (Å²) in [6.07, 6.45) is 11.8. The molecule has 0 bridgehead atoms. The second-order valence-corrected chi connectivity index (χ2v) is 8.70. The van der Waals surface area contributed by atoms with E-state index in [9.17, 15) is 5.26 Å². The lowest BCUT2D eigenvalue weighted by atomic mass is 10.1. The van der Waals surface area contributed by atoms with Crippen molar-refractivity contribution in [3.8, 4) is 6.07 Å². The van der Waals surface area contributed by atoms with Crippen LogP contribution in [-0.4, -0.2) is 26.5 Å². The van der Waals surface area contributed by atoms with Gasteiger partial charge in [0.05, 0.1) is 22.6 Å². The van der Waals surface area contributed by atoms with E-state index in [4.69, 9.17) is 4.98 Å². The highest BCUT2D eigenvalue weighted by Crippen LogP contribution is 2.31. The smallest absolute Gasteiger partial charge is 0.103 e. The molecule has 0 unspecified atom stereocenters. The maximum Gasteiger partial charge on any atom is 0.103 e. The van der Waals surface area contributed by atoms with Crippen molar-refractivity contribution in [1.82, 2.24) is 25.3 Å². The standard InChI is InChI=1S/C30H27N7/c1-21-27-13-16-35-29(27)11-10-28(21)37-30-22(18-33-19-23(30)17-31)8-9-25-6-4-7-26(36-25)20-32-15-12-24-5-2-3-14-34-24/h2-11,13-14,16,18-19,32,35H,12,15,20H2,1H3,(H,33,37). The third kappa shape index (κ3) is 5.72. The molecule has 182 valence electrons. The molecule has 0 fully saturated rings. The normalized spacial score (nSPS) is 11.1. The SMILES string of the molecule is Cc1c(Nc2c(C#N)cncc2C=Cc2cccc(CNCCc3ccccn3)n2)ccc2[nH]ccc12. The predicted octanol–water partition coefficient (Wildman–Crippen LogP) is 5.78. The zero-order valence-corrected chi connectivity index (χ0v) is 20.6. The molecule has 0 spiro atoms. The van der Waals surface area contributed by atoms with Crippen LogP contribution in [0.15, 0.2) is 79.4 Å². The molecule has 0 saturated heterocycles. The number of nitrogens with zero attached hydrogens (tertiary/aromatic N) is 4. The number of hydrogen-bond acceptors (Lipinski definition) is 6. The molecule has 1 aromatic carbocycles. The highest BCUT2D eigenvalue weighted by Gasteiger charge is 2.11. The van der Waals surface area contributed by atoms with Crippen molar-refractivity contribution in [3.05, 3.63) is 113 Å². The highest BCUT2D eigenvalue weighted by molar-refractivity contribution is 5.90. The lowest BCUT2D eigenvalue weighted by molar-refractivity contribution is 0.668. The Balaban J connectivity index is 1.31. The molecule has 0 aliphatic rings. The van der Waals surface area contributed by atoms with Crippen LogP contribution < -0.4 is 10.6 Å². The molecule has 7 heteroatoms. The van der Waals surface area contributed by atoms with Crippen molar-refractivity contribution >= 4 is 34.4 Å². The first-order chi connectivity index (χ1) is 18.2. The van der Waals surface area contributed by atoms with Gasteiger partial charge in [0.1, 0.15) is 6.07 Å². The van der Waals surface area contributed by atoms with Crippen LogP contribution in [0, 0.1) is 18.3 Å². The maximum absolute atomic E-state index is 9.74. The molecule has 5 rings (SSSR count). The summed E-state index contributed by atoms with van der Waals surface area (Å²) in [5.74, 6) is 0. The number of nitriles is 1. The van der Waals surface area contributed by atoms with Gasteiger partial charge in [0.15, 0.2) is 0 Å². The van der Waals surface area contributed by atoms with Gasteiger partial charge in [-0.2, -0.15) is 5.26 Å². The quantitative estimate of drug-likeness (QED) is 0.229. The molecule has 0 atom stereocenters. The summed E-state index contributed by atoms with van der Waals surface area (Å²) < 4.78 is 0. The summed E-state index contributed by atoms with van der Waals surface area (Å²) in [4.78, 5) is 16.6. The molecule has 4 aromatic heterocycles. The fourth-order valence-electron chi connectivity index (χ4n) is 4.22. The average molecular weight is 486 g/mol. The Morgan fingerprint density at radius 2 is 1.92 bits per heavy atom. The fourth-order valence-corrected chi connectivity index (χ4v) is 4.22. The van der Waals surface area contributed by atoms with Crippen LogP contribution >= 0.6 is 0 Å². The van der Waals surface area contributed by atoms with Crippen molar-refractivity contribution < 1.29 is 0 Å². The second kappa shape index (κ2) is 11.3. The van der Waals surface area contributed by atoms with E-state index in [-0.39, 0.29) is 0 Å². The number of benzene rings is 1. The third-order valence-corrected chi connectivity index (χ3v) is 6.21. The minimum absolute atomic E-state index is 0.481. The maximum atomic E-state index is 9.74. The average Bonchev–Trinajstić information content (AvgIpc) is 3.43. The highest BCUT2D eigenvalue weighted by atomic mass is 14.9.